The summed E-state index contributed by atoms with van der Waals surface area (Å²) in [5, 5.41) is 2.89. The zero-order valence-electron chi connectivity index (χ0n) is 17.0. The number of carbonyl (C=O) groups excluding carboxylic acids is 1. The van der Waals surface area contributed by atoms with Gasteiger partial charge in [-0.05, 0) is 42.7 Å². The number of hydrogen-bond acceptors (Lipinski definition) is 5. The van der Waals surface area contributed by atoms with E-state index in [1.54, 1.807) is 24.3 Å². The summed E-state index contributed by atoms with van der Waals surface area (Å²) in [5.41, 5.74) is 0.976. The van der Waals surface area contributed by atoms with E-state index in [0.29, 0.717) is 58.7 Å². The number of benzene rings is 2. The second kappa shape index (κ2) is 11.1. The molecule has 1 aliphatic heterocycles. The molecule has 0 unspecified atom stereocenters. The third-order valence-corrected chi connectivity index (χ3v) is 6.74. The van der Waals surface area contributed by atoms with E-state index in [4.69, 9.17) is 9.47 Å². The van der Waals surface area contributed by atoms with Crippen LogP contribution in [0.4, 0.5) is 0 Å². The number of amides is 1. The number of hydrogen-bond donors (Lipinski definition) is 1. The molecule has 8 heteroatoms. The molecule has 0 spiro atoms. The molecule has 1 saturated heterocycles. The Morgan fingerprint density at radius 1 is 1.03 bits per heavy atom. The molecule has 3 rings (SSSR count). The van der Waals surface area contributed by atoms with Crippen molar-refractivity contribution < 1.29 is 22.7 Å². The fourth-order valence-corrected chi connectivity index (χ4v) is 4.55. The second-order valence-electron chi connectivity index (χ2n) is 7.03. The van der Waals surface area contributed by atoms with Gasteiger partial charge in [0.2, 0.25) is 15.9 Å². The average Bonchev–Trinajstić information content (AvgIpc) is 2.78. The first-order valence-corrected chi connectivity index (χ1v) is 11.6. The van der Waals surface area contributed by atoms with E-state index in [1.807, 2.05) is 30.3 Å². The highest BCUT2D eigenvalue weighted by molar-refractivity contribution is 7.89. The molecule has 2 aromatic rings. The third kappa shape index (κ3) is 6.55. The maximum absolute atomic E-state index is 12.6. The van der Waals surface area contributed by atoms with Crippen molar-refractivity contribution in [3.63, 3.8) is 0 Å². The van der Waals surface area contributed by atoms with Crippen LogP contribution in [0.1, 0.15) is 18.4 Å². The lowest BCUT2D eigenvalue weighted by Gasteiger charge is -2.26. The third-order valence-electron chi connectivity index (χ3n) is 4.83. The molecule has 30 heavy (non-hydrogen) atoms. The van der Waals surface area contributed by atoms with E-state index in [9.17, 15) is 13.2 Å². The van der Waals surface area contributed by atoms with Gasteiger partial charge in [0.1, 0.15) is 5.75 Å². The average molecular weight is 433 g/mol. The molecular weight excluding hydrogens is 404 g/mol. The van der Waals surface area contributed by atoms with Gasteiger partial charge in [-0.1, -0.05) is 30.3 Å². The lowest BCUT2D eigenvalue weighted by molar-refractivity contribution is -0.121. The summed E-state index contributed by atoms with van der Waals surface area (Å²) in [6.07, 6.45) is 1.70. The van der Waals surface area contributed by atoms with Crippen LogP contribution in [-0.2, 0) is 26.0 Å². The molecule has 1 fully saturated rings. The van der Waals surface area contributed by atoms with Gasteiger partial charge in [-0.2, -0.15) is 4.31 Å². The largest absolute Gasteiger partial charge is 0.494 e. The molecule has 0 aliphatic carbocycles. The van der Waals surface area contributed by atoms with Crippen molar-refractivity contribution in [1.29, 1.82) is 0 Å². The van der Waals surface area contributed by atoms with E-state index in [2.05, 4.69) is 5.32 Å². The quantitative estimate of drug-likeness (QED) is 0.582. The van der Waals surface area contributed by atoms with Crippen molar-refractivity contribution in [3.8, 4) is 5.75 Å². The van der Waals surface area contributed by atoms with E-state index >= 15 is 0 Å². The molecule has 1 heterocycles. The minimum Gasteiger partial charge on any atom is -0.494 e. The number of para-hydroxylation sites is 1. The summed E-state index contributed by atoms with van der Waals surface area (Å²) in [7, 11) is -3.47. The van der Waals surface area contributed by atoms with Gasteiger partial charge >= 0.3 is 0 Å². The summed E-state index contributed by atoms with van der Waals surface area (Å²) in [5.74, 6) is 0.787. The fraction of sp³-hybridized carbons (Fsp3) is 0.409. The minimum absolute atomic E-state index is 0.0156. The Kier molecular flexibility index (Phi) is 8.24. The molecule has 0 saturated carbocycles. The molecule has 1 amide bonds. The smallest absolute Gasteiger partial charge is 0.243 e. The summed E-state index contributed by atoms with van der Waals surface area (Å²) >= 11 is 0. The molecule has 0 bridgehead atoms. The van der Waals surface area contributed by atoms with E-state index < -0.39 is 10.0 Å². The van der Waals surface area contributed by atoms with E-state index in [1.165, 1.54) is 4.31 Å². The van der Waals surface area contributed by atoms with Gasteiger partial charge in [0.05, 0.1) is 24.7 Å². The number of carbonyl (C=O) groups is 1. The molecule has 1 aliphatic rings. The molecule has 1 N–H and O–H groups in total. The molecule has 162 valence electrons. The first-order valence-electron chi connectivity index (χ1n) is 10.2. The van der Waals surface area contributed by atoms with Crippen molar-refractivity contribution in [2.24, 2.45) is 0 Å². The van der Waals surface area contributed by atoms with Crippen molar-refractivity contribution in [1.82, 2.24) is 9.62 Å². The molecule has 0 aromatic heterocycles. The standard InChI is InChI=1S/C22H28N2O5S/c25-22(7-4-16-29-20-5-2-1-3-6-20)23-13-12-19-8-10-21(11-9-19)30(26,27)24-14-17-28-18-15-24/h1-3,5-6,8-11H,4,7,12-18H2,(H,23,25). The molecule has 7 nitrogen and oxygen atoms in total. The van der Waals surface area contributed by atoms with Crippen molar-refractivity contribution in [2.45, 2.75) is 24.2 Å². The van der Waals surface area contributed by atoms with Crippen molar-refractivity contribution in [3.05, 3.63) is 60.2 Å². The van der Waals surface area contributed by atoms with Gasteiger partial charge < -0.3 is 14.8 Å². The molecular formula is C22H28N2O5S. The number of morpholine rings is 1. The zero-order valence-corrected chi connectivity index (χ0v) is 17.8. The predicted octanol–water partition coefficient (Wildman–Crippen LogP) is 2.23. The fourth-order valence-electron chi connectivity index (χ4n) is 3.14. The van der Waals surface area contributed by atoms with Crippen LogP contribution >= 0.6 is 0 Å². The highest BCUT2D eigenvalue weighted by Gasteiger charge is 2.25. The maximum atomic E-state index is 12.6. The van der Waals surface area contributed by atoms with Crippen LogP contribution in [0, 0.1) is 0 Å². The zero-order chi connectivity index (χ0) is 21.2. The Morgan fingerprint density at radius 2 is 1.73 bits per heavy atom. The summed E-state index contributed by atoms with van der Waals surface area (Å²) in [6.45, 7) is 2.62. The van der Waals surface area contributed by atoms with Gasteiger partial charge in [0.25, 0.3) is 0 Å². The highest BCUT2D eigenvalue weighted by atomic mass is 32.2. The number of sulfonamides is 1. The van der Waals surface area contributed by atoms with Crippen molar-refractivity contribution >= 4 is 15.9 Å². The van der Waals surface area contributed by atoms with Crippen molar-refractivity contribution in [2.75, 3.05) is 39.5 Å². The minimum atomic E-state index is -3.47. The summed E-state index contributed by atoms with van der Waals surface area (Å²) < 4.78 is 37.5. The molecule has 0 atom stereocenters. The van der Waals surface area contributed by atoms with Gasteiger partial charge in [-0.15, -0.1) is 0 Å². The number of ether oxygens (including phenoxy) is 2. The van der Waals surface area contributed by atoms with Crippen LogP contribution in [0.15, 0.2) is 59.5 Å². The molecule has 2 aromatic carbocycles. The van der Waals surface area contributed by atoms with E-state index in [0.717, 1.165) is 11.3 Å². The highest BCUT2D eigenvalue weighted by Crippen LogP contribution is 2.17. The Morgan fingerprint density at radius 3 is 2.43 bits per heavy atom. The number of nitrogens with one attached hydrogen (secondary N) is 1. The number of rotatable bonds is 10. The van der Waals surface area contributed by atoms with Crippen LogP contribution < -0.4 is 10.1 Å². The summed E-state index contributed by atoms with van der Waals surface area (Å²) in [4.78, 5) is 12.2. The van der Waals surface area contributed by atoms with E-state index in [-0.39, 0.29) is 10.8 Å². The predicted molar refractivity (Wildman–Crippen MR) is 114 cm³/mol. The topological polar surface area (TPSA) is 84.9 Å². The number of nitrogens with zero attached hydrogens (tertiary/aromatic N) is 1. The van der Waals surface area contributed by atoms with Crippen LogP contribution in [0.25, 0.3) is 0 Å². The van der Waals surface area contributed by atoms with Gasteiger partial charge in [-0.25, -0.2) is 8.42 Å². The van der Waals surface area contributed by atoms with Crippen LogP contribution in [-0.4, -0.2) is 58.1 Å². The Labute approximate surface area is 178 Å². The van der Waals surface area contributed by atoms with Gasteiger partial charge in [0.15, 0.2) is 0 Å². The Hall–Kier alpha value is -2.42. The first kappa shape index (κ1) is 22.3. The Bertz CT molecular complexity index is 895. The van der Waals surface area contributed by atoms with Gasteiger partial charge in [0, 0.05) is 26.1 Å². The van der Waals surface area contributed by atoms with Crippen LogP contribution in [0.5, 0.6) is 5.75 Å². The summed E-state index contributed by atoms with van der Waals surface area (Å²) in [6, 6.07) is 16.4. The van der Waals surface area contributed by atoms with Crippen LogP contribution in [0.2, 0.25) is 0 Å². The lowest BCUT2D eigenvalue weighted by Crippen LogP contribution is -2.40. The monoisotopic (exact) mass is 432 g/mol. The Balaban J connectivity index is 1.36. The SMILES string of the molecule is O=C(CCCOc1ccccc1)NCCc1ccc(S(=O)(=O)N2CCOCC2)cc1. The molecule has 0 radical (unpaired) electrons. The van der Waals surface area contributed by atoms with Gasteiger partial charge in [-0.3, -0.25) is 4.79 Å². The normalized spacial score (nSPS) is 14.9. The van der Waals surface area contributed by atoms with Crippen LogP contribution in [0.3, 0.4) is 0 Å². The first-order chi connectivity index (χ1) is 14.6. The second-order valence-corrected chi connectivity index (χ2v) is 8.96. The lowest BCUT2D eigenvalue weighted by atomic mass is 10.1. The maximum Gasteiger partial charge on any atom is 0.243 e.